The van der Waals surface area contributed by atoms with Crippen molar-refractivity contribution in [3.05, 3.63) is 42.1 Å². The van der Waals surface area contributed by atoms with Crippen LogP contribution < -0.4 is 0 Å². The van der Waals surface area contributed by atoms with E-state index in [1.165, 1.54) is 18.6 Å². The van der Waals surface area contributed by atoms with Gasteiger partial charge in [0, 0.05) is 7.05 Å². The standard InChI is InChI=1S/C12H12N2O2S/c1-14(16-2)12(15)10-8-11(17-13-10)9-6-4-3-5-7-9/h3-8H,1-2H3. The number of carbonyl (C=O) groups is 1. The summed E-state index contributed by atoms with van der Waals surface area (Å²) < 4.78 is 4.13. The van der Waals surface area contributed by atoms with E-state index in [9.17, 15) is 4.79 Å². The van der Waals surface area contributed by atoms with Crippen LogP contribution in [0, 0.1) is 0 Å². The number of nitrogens with zero attached hydrogens (tertiary/aromatic N) is 2. The number of amides is 1. The molecule has 1 amide bonds. The van der Waals surface area contributed by atoms with E-state index in [1.54, 1.807) is 13.1 Å². The lowest BCUT2D eigenvalue weighted by molar-refractivity contribution is -0.0759. The summed E-state index contributed by atoms with van der Waals surface area (Å²) in [5.41, 5.74) is 1.46. The highest BCUT2D eigenvalue weighted by Crippen LogP contribution is 2.24. The molecule has 0 unspecified atom stereocenters. The number of hydrogen-bond donors (Lipinski definition) is 0. The zero-order valence-corrected chi connectivity index (χ0v) is 10.4. The fraction of sp³-hybridized carbons (Fsp3) is 0.167. The minimum Gasteiger partial charge on any atom is -0.274 e. The van der Waals surface area contributed by atoms with E-state index in [-0.39, 0.29) is 5.91 Å². The van der Waals surface area contributed by atoms with Crippen molar-refractivity contribution in [2.24, 2.45) is 0 Å². The van der Waals surface area contributed by atoms with Crippen LogP contribution in [0.1, 0.15) is 10.5 Å². The first-order valence-electron chi connectivity index (χ1n) is 5.06. The molecule has 0 aliphatic carbocycles. The summed E-state index contributed by atoms with van der Waals surface area (Å²) in [4.78, 5) is 17.6. The van der Waals surface area contributed by atoms with E-state index in [4.69, 9.17) is 4.84 Å². The molecule has 0 N–H and O–H groups in total. The molecule has 0 spiro atoms. The number of hydroxylamine groups is 2. The van der Waals surface area contributed by atoms with Gasteiger partial charge in [0.1, 0.15) is 5.69 Å². The molecule has 2 rings (SSSR count). The summed E-state index contributed by atoms with van der Waals surface area (Å²) in [6.45, 7) is 0. The second kappa shape index (κ2) is 5.07. The topological polar surface area (TPSA) is 42.4 Å². The minimum atomic E-state index is -0.245. The van der Waals surface area contributed by atoms with Gasteiger partial charge >= 0.3 is 0 Å². The van der Waals surface area contributed by atoms with Gasteiger partial charge in [-0.2, -0.15) is 4.37 Å². The zero-order valence-electron chi connectivity index (χ0n) is 9.58. The maximum atomic E-state index is 11.8. The number of rotatable bonds is 3. The Morgan fingerprint density at radius 1 is 1.35 bits per heavy atom. The molecule has 0 aliphatic heterocycles. The molecule has 0 fully saturated rings. The molecule has 5 heteroatoms. The van der Waals surface area contributed by atoms with Crippen molar-refractivity contribution in [1.29, 1.82) is 0 Å². The average molecular weight is 248 g/mol. The second-order valence-electron chi connectivity index (χ2n) is 3.43. The molecule has 1 aromatic heterocycles. The predicted octanol–water partition coefficient (Wildman–Crippen LogP) is 2.44. The van der Waals surface area contributed by atoms with Gasteiger partial charge in [-0.15, -0.1) is 0 Å². The smallest absolute Gasteiger partial charge is 0.274 e. The molecule has 1 heterocycles. The molecule has 4 nitrogen and oxygen atoms in total. The van der Waals surface area contributed by atoms with Crippen molar-refractivity contribution < 1.29 is 9.63 Å². The normalized spacial score (nSPS) is 10.2. The van der Waals surface area contributed by atoms with E-state index in [1.807, 2.05) is 30.3 Å². The Labute approximate surface area is 104 Å². The van der Waals surface area contributed by atoms with Gasteiger partial charge < -0.3 is 0 Å². The number of aromatic nitrogens is 1. The van der Waals surface area contributed by atoms with E-state index in [0.29, 0.717) is 5.69 Å². The van der Waals surface area contributed by atoms with Crippen LogP contribution in [0.3, 0.4) is 0 Å². The van der Waals surface area contributed by atoms with Crippen LogP contribution in [0.2, 0.25) is 0 Å². The molecule has 0 saturated carbocycles. The highest BCUT2D eigenvalue weighted by molar-refractivity contribution is 7.09. The van der Waals surface area contributed by atoms with Crippen molar-refractivity contribution in [2.45, 2.75) is 0 Å². The van der Waals surface area contributed by atoms with Crippen LogP contribution >= 0.6 is 11.5 Å². The summed E-state index contributed by atoms with van der Waals surface area (Å²) in [6, 6.07) is 11.6. The summed E-state index contributed by atoms with van der Waals surface area (Å²) in [5, 5.41) is 1.16. The Balaban J connectivity index is 2.25. The quantitative estimate of drug-likeness (QED) is 0.783. The molecule has 0 atom stereocenters. The maximum absolute atomic E-state index is 11.8. The molecule has 0 saturated heterocycles. The zero-order chi connectivity index (χ0) is 12.3. The first kappa shape index (κ1) is 11.8. The van der Waals surface area contributed by atoms with E-state index >= 15 is 0 Å². The van der Waals surface area contributed by atoms with Crippen LogP contribution in [0.5, 0.6) is 0 Å². The molecule has 0 radical (unpaired) electrons. The highest BCUT2D eigenvalue weighted by Gasteiger charge is 2.15. The lowest BCUT2D eigenvalue weighted by Crippen LogP contribution is -2.25. The molecule has 17 heavy (non-hydrogen) atoms. The summed E-state index contributed by atoms with van der Waals surface area (Å²) in [7, 11) is 3.01. The van der Waals surface area contributed by atoms with Crippen molar-refractivity contribution >= 4 is 17.4 Å². The molecule has 88 valence electrons. The molecule has 0 bridgehead atoms. The second-order valence-corrected chi connectivity index (χ2v) is 4.23. The Kier molecular flexibility index (Phi) is 3.51. The molecule has 2 aromatic rings. The van der Waals surface area contributed by atoms with Crippen LogP contribution in [-0.2, 0) is 4.84 Å². The van der Waals surface area contributed by atoms with Gasteiger partial charge in [-0.05, 0) is 23.2 Å². The SMILES string of the molecule is CON(C)C(=O)c1cc(-c2ccccc2)sn1. The van der Waals surface area contributed by atoms with Gasteiger partial charge in [0.15, 0.2) is 0 Å². The average Bonchev–Trinajstić information content (AvgIpc) is 2.87. The molecule has 1 aromatic carbocycles. The van der Waals surface area contributed by atoms with Crippen molar-refractivity contribution in [3.63, 3.8) is 0 Å². The lowest BCUT2D eigenvalue weighted by atomic mass is 10.2. The van der Waals surface area contributed by atoms with Crippen LogP contribution in [0.15, 0.2) is 36.4 Å². The summed E-state index contributed by atoms with van der Waals surface area (Å²) >= 11 is 1.31. The van der Waals surface area contributed by atoms with Gasteiger partial charge in [-0.1, -0.05) is 30.3 Å². The van der Waals surface area contributed by atoms with Gasteiger partial charge in [-0.25, -0.2) is 5.06 Å². The Morgan fingerprint density at radius 3 is 2.71 bits per heavy atom. The van der Waals surface area contributed by atoms with E-state index in [0.717, 1.165) is 15.5 Å². The van der Waals surface area contributed by atoms with Crippen molar-refractivity contribution in [2.75, 3.05) is 14.2 Å². The van der Waals surface area contributed by atoms with Crippen molar-refractivity contribution in [3.8, 4) is 10.4 Å². The fourth-order valence-corrected chi connectivity index (χ4v) is 2.09. The van der Waals surface area contributed by atoms with Crippen molar-refractivity contribution in [1.82, 2.24) is 9.44 Å². The first-order valence-corrected chi connectivity index (χ1v) is 5.84. The third-order valence-electron chi connectivity index (χ3n) is 2.35. The monoisotopic (exact) mass is 248 g/mol. The third kappa shape index (κ3) is 2.51. The van der Waals surface area contributed by atoms with Crippen LogP contribution in [0.25, 0.3) is 10.4 Å². The summed E-state index contributed by atoms with van der Waals surface area (Å²) in [6.07, 6.45) is 0. The van der Waals surface area contributed by atoms with Gasteiger partial charge in [0.25, 0.3) is 5.91 Å². The number of carbonyl (C=O) groups excluding carboxylic acids is 1. The third-order valence-corrected chi connectivity index (χ3v) is 3.19. The number of benzene rings is 1. The van der Waals surface area contributed by atoms with E-state index in [2.05, 4.69) is 4.37 Å². The maximum Gasteiger partial charge on any atom is 0.296 e. The Hall–Kier alpha value is -1.72. The minimum absolute atomic E-state index is 0.245. The van der Waals surface area contributed by atoms with Crippen LogP contribution in [-0.4, -0.2) is 29.5 Å². The van der Waals surface area contributed by atoms with Crippen LogP contribution in [0.4, 0.5) is 0 Å². The predicted molar refractivity (Wildman–Crippen MR) is 66.7 cm³/mol. The first-order chi connectivity index (χ1) is 8.22. The largest absolute Gasteiger partial charge is 0.296 e. The molecular weight excluding hydrogens is 236 g/mol. The Bertz CT molecular complexity index is 510. The van der Waals surface area contributed by atoms with Gasteiger partial charge in [0.05, 0.1) is 12.0 Å². The van der Waals surface area contributed by atoms with Gasteiger partial charge in [0.2, 0.25) is 0 Å². The molecule has 0 aliphatic rings. The summed E-state index contributed by atoms with van der Waals surface area (Å²) in [5.74, 6) is -0.245. The lowest BCUT2D eigenvalue weighted by Gasteiger charge is -2.10. The Morgan fingerprint density at radius 2 is 2.06 bits per heavy atom. The fourth-order valence-electron chi connectivity index (χ4n) is 1.36. The molecular formula is C12H12N2O2S. The van der Waals surface area contributed by atoms with Gasteiger partial charge in [-0.3, -0.25) is 9.63 Å². The van der Waals surface area contributed by atoms with E-state index < -0.39 is 0 Å². The highest BCUT2D eigenvalue weighted by atomic mass is 32.1. The number of hydrogen-bond acceptors (Lipinski definition) is 4.